The van der Waals surface area contributed by atoms with E-state index in [1.54, 1.807) is 18.2 Å². The van der Waals surface area contributed by atoms with Crippen LogP contribution in [0.4, 0.5) is 5.69 Å². The fourth-order valence-electron chi connectivity index (χ4n) is 2.02. The minimum Gasteiger partial charge on any atom is -0.508 e. The summed E-state index contributed by atoms with van der Waals surface area (Å²) in [6.45, 7) is 4.00. The zero-order valence-corrected chi connectivity index (χ0v) is 12.1. The van der Waals surface area contributed by atoms with Crippen molar-refractivity contribution in [3.8, 4) is 22.8 Å². The zero-order valence-electron chi connectivity index (χ0n) is 12.1. The summed E-state index contributed by atoms with van der Waals surface area (Å²) < 4.78 is 5.51. The number of hydrogen-bond donors (Lipinski definition) is 2. The highest BCUT2D eigenvalue weighted by atomic mass is 16.6. The van der Waals surface area contributed by atoms with Crippen LogP contribution in [0.15, 0.2) is 46.9 Å². The Labute approximate surface area is 126 Å². The molecule has 0 fully saturated rings. The van der Waals surface area contributed by atoms with Crippen LogP contribution in [-0.2, 0) is 0 Å². The first-order valence-corrected chi connectivity index (χ1v) is 6.75. The van der Waals surface area contributed by atoms with Gasteiger partial charge in [-0.15, -0.1) is 0 Å². The maximum atomic E-state index is 11.0. The molecule has 0 saturated carbocycles. The summed E-state index contributed by atoms with van der Waals surface area (Å²) in [6.07, 6.45) is 0. The molecule has 22 heavy (non-hydrogen) atoms. The number of nitro benzene ring substituents is 1. The molecule has 0 aliphatic rings. The SMILES string of the molecule is CC.O=[N+]([O-])c1cc(O)cc2cc(-c3ccc(O)cc3)oc12. The van der Waals surface area contributed by atoms with Crippen molar-refractivity contribution >= 4 is 16.7 Å². The number of nitrogens with zero attached hydrogens (tertiary/aromatic N) is 1. The van der Waals surface area contributed by atoms with Crippen molar-refractivity contribution in [1.82, 2.24) is 0 Å². The number of phenols is 2. The molecule has 0 bridgehead atoms. The normalized spacial score (nSPS) is 10.1. The second-order valence-corrected chi connectivity index (χ2v) is 4.30. The fourth-order valence-corrected chi connectivity index (χ4v) is 2.02. The van der Waals surface area contributed by atoms with Gasteiger partial charge >= 0.3 is 5.69 Å². The van der Waals surface area contributed by atoms with Crippen LogP contribution in [0, 0.1) is 10.1 Å². The average Bonchev–Trinajstić information content (AvgIpc) is 2.92. The molecule has 2 aromatic carbocycles. The summed E-state index contributed by atoms with van der Waals surface area (Å²) in [6, 6.07) is 10.3. The van der Waals surface area contributed by atoms with Crippen LogP contribution in [-0.4, -0.2) is 15.1 Å². The lowest BCUT2D eigenvalue weighted by Crippen LogP contribution is -1.87. The quantitative estimate of drug-likeness (QED) is 0.538. The van der Waals surface area contributed by atoms with Gasteiger partial charge in [-0.25, -0.2) is 0 Å². The van der Waals surface area contributed by atoms with Gasteiger partial charge in [0.1, 0.15) is 17.3 Å². The van der Waals surface area contributed by atoms with Gasteiger partial charge in [0.2, 0.25) is 5.58 Å². The number of hydrogen-bond acceptors (Lipinski definition) is 5. The van der Waals surface area contributed by atoms with E-state index in [1.165, 1.54) is 18.2 Å². The molecule has 1 heterocycles. The van der Waals surface area contributed by atoms with Crippen LogP contribution in [0.1, 0.15) is 13.8 Å². The van der Waals surface area contributed by atoms with Crippen LogP contribution in [0.3, 0.4) is 0 Å². The molecule has 3 aromatic rings. The molecule has 6 nitrogen and oxygen atoms in total. The highest BCUT2D eigenvalue weighted by molar-refractivity contribution is 5.90. The predicted octanol–water partition coefficient (Wildman–Crippen LogP) is 4.45. The van der Waals surface area contributed by atoms with Crippen molar-refractivity contribution in [2.75, 3.05) is 0 Å². The lowest BCUT2D eigenvalue weighted by atomic mass is 10.1. The Morgan fingerprint density at radius 3 is 2.23 bits per heavy atom. The molecule has 0 unspecified atom stereocenters. The number of rotatable bonds is 2. The van der Waals surface area contributed by atoms with E-state index in [4.69, 9.17) is 4.42 Å². The Morgan fingerprint density at radius 1 is 1.00 bits per heavy atom. The summed E-state index contributed by atoms with van der Waals surface area (Å²) in [4.78, 5) is 10.4. The molecule has 0 radical (unpaired) electrons. The molecule has 0 aliphatic heterocycles. The van der Waals surface area contributed by atoms with Crippen molar-refractivity contribution in [1.29, 1.82) is 0 Å². The Balaban J connectivity index is 0.000000847. The van der Waals surface area contributed by atoms with Gasteiger partial charge in [-0.2, -0.15) is 0 Å². The van der Waals surface area contributed by atoms with E-state index < -0.39 is 4.92 Å². The van der Waals surface area contributed by atoms with Gasteiger partial charge in [0.15, 0.2) is 0 Å². The molecule has 0 amide bonds. The molecule has 0 saturated heterocycles. The minimum atomic E-state index is -0.605. The molecule has 2 N–H and O–H groups in total. The maximum absolute atomic E-state index is 11.0. The molecule has 3 rings (SSSR count). The molecule has 6 heteroatoms. The number of furan rings is 1. The van der Waals surface area contributed by atoms with Gasteiger partial charge in [-0.3, -0.25) is 10.1 Å². The Morgan fingerprint density at radius 2 is 1.64 bits per heavy atom. The Kier molecular flexibility index (Phi) is 4.31. The summed E-state index contributed by atoms with van der Waals surface area (Å²) in [5.41, 5.74) is 0.494. The van der Waals surface area contributed by atoms with Crippen molar-refractivity contribution in [3.05, 3.63) is 52.6 Å². The monoisotopic (exact) mass is 301 g/mol. The van der Waals surface area contributed by atoms with E-state index in [0.29, 0.717) is 16.7 Å². The number of non-ortho nitro benzene ring substituents is 1. The van der Waals surface area contributed by atoms with E-state index in [0.717, 1.165) is 6.07 Å². The summed E-state index contributed by atoms with van der Waals surface area (Å²) in [5.74, 6) is 0.351. The maximum Gasteiger partial charge on any atom is 0.315 e. The fraction of sp³-hybridized carbons (Fsp3) is 0.125. The molecular weight excluding hydrogens is 286 g/mol. The highest BCUT2D eigenvalue weighted by Gasteiger charge is 2.19. The summed E-state index contributed by atoms with van der Waals surface area (Å²) in [7, 11) is 0. The zero-order chi connectivity index (χ0) is 16.3. The van der Waals surface area contributed by atoms with Crippen molar-refractivity contribution in [3.63, 3.8) is 0 Å². The van der Waals surface area contributed by atoms with Crippen molar-refractivity contribution < 1.29 is 19.6 Å². The topological polar surface area (TPSA) is 96.7 Å². The standard InChI is InChI=1S/C14H9NO5.C2H6/c16-10-3-1-8(2-4-10)13-6-9-5-11(17)7-12(15(18)19)14(9)20-13;1-2/h1-7,16-17H;1-2H3. The second-order valence-electron chi connectivity index (χ2n) is 4.30. The van der Waals surface area contributed by atoms with Crippen LogP contribution in [0.5, 0.6) is 11.5 Å². The van der Waals surface area contributed by atoms with Crippen molar-refractivity contribution in [2.45, 2.75) is 13.8 Å². The Bertz CT molecular complexity index is 805. The van der Waals surface area contributed by atoms with Gasteiger partial charge in [-0.05, 0) is 36.4 Å². The molecule has 0 aliphatic carbocycles. The Hall–Kier alpha value is -3.02. The molecule has 0 atom stereocenters. The first-order chi connectivity index (χ1) is 10.5. The van der Waals surface area contributed by atoms with Crippen LogP contribution in [0.2, 0.25) is 0 Å². The largest absolute Gasteiger partial charge is 0.508 e. The van der Waals surface area contributed by atoms with Gasteiger partial charge < -0.3 is 14.6 Å². The number of benzene rings is 2. The highest BCUT2D eigenvalue weighted by Crippen LogP contribution is 2.36. The van der Waals surface area contributed by atoms with E-state index in [1.807, 2.05) is 13.8 Å². The molecule has 1 aromatic heterocycles. The molecule has 0 spiro atoms. The number of aromatic hydroxyl groups is 2. The third-order valence-electron chi connectivity index (χ3n) is 2.93. The van der Waals surface area contributed by atoms with Gasteiger partial charge in [0, 0.05) is 10.9 Å². The number of phenolic OH excluding ortho intramolecular Hbond substituents is 2. The third kappa shape index (κ3) is 2.85. The summed E-state index contributed by atoms with van der Waals surface area (Å²) >= 11 is 0. The van der Waals surface area contributed by atoms with Gasteiger partial charge in [0.05, 0.1) is 11.0 Å². The lowest BCUT2D eigenvalue weighted by molar-refractivity contribution is -0.383. The van der Waals surface area contributed by atoms with E-state index in [9.17, 15) is 20.3 Å². The average molecular weight is 301 g/mol. The lowest BCUT2D eigenvalue weighted by Gasteiger charge is -1.96. The predicted molar refractivity (Wildman–Crippen MR) is 83.0 cm³/mol. The summed E-state index contributed by atoms with van der Waals surface area (Å²) in [5, 5.41) is 30.1. The first kappa shape index (κ1) is 15.4. The third-order valence-corrected chi connectivity index (χ3v) is 2.93. The first-order valence-electron chi connectivity index (χ1n) is 6.75. The van der Waals surface area contributed by atoms with E-state index in [2.05, 4.69) is 0 Å². The minimum absolute atomic E-state index is 0.107. The number of fused-ring (bicyclic) bond motifs is 1. The van der Waals surface area contributed by atoms with Crippen LogP contribution >= 0.6 is 0 Å². The van der Waals surface area contributed by atoms with E-state index >= 15 is 0 Å². The van der Waals surface area contributed by atoms with E-state index in [-0.39, 0.29) is 22.8 Å². The second kappa shape index (κ2) is 6.17. The van der Waals surface area contributed by atoms with Crippen molar-refractivity contribution in [2.24, 2.45) is 0 Å². The van der Waals surface area contributed by atoms with Gasteiger partial charge in [0.25, 0.3) is 0 Å². The molecule has 114 valence electrons. The van der Waals surface area contributed by atoms with Crippen LogP contribution < -0.4 is 0 Å². The smallest absolute Gasteiger partial charge is 0.315 e. The van der Waals surface area contributed by atoms with Gasteiger partial charge in [-0.1, -0.05) is 13.8 Å². The molecular formula is C16H15NO5. The van der Waals surface area contributed by atoms with Crippen LogP contribution in [0.25, 0.3) is 22.3 Å². The number of nitro groups is 1.